The van der Waals surface area contributed by atoms with E-state index < -0.39 is 53.3 Å². The molecule has 0 radical (unpaired) electrons. The number of carbonyl (C=O) groups is 1. The Morgan fingerprint density at radius 3 is 1.84 bits per heavy atom. The third-order valence-corrected chi connectivity index (χ3v) is 2.25. The van der Waals surface area contributed by atoms with Crippen LogP contribution < -0.4 is 4.74 Å². The Hall–Kier alpha value is -1.86. The summed E-state index contributed by atoms with van der Waals surface area (Å²) < 4.78 is 73.5. The van der Waals surface area contributed by atoms with Crippen LogP contribution in [0.3, 0.4) is 0 Å². The van der Waals surface area contributed by atoms with Gasteiger partial charge in [0.15, 0.2) is 5.75 Å². The fraction of sp³-hybridized carbons (Fsp3) is 0.364. The van der Waals surface area contributed by atoms with E-state index in [0.717, 1.165) is 7.11 Å². The van der Waals surface area contributed by atoms with Crippen molar-refractivity contribution in [2.24, 2.45) is 5.92 Å². The molecule has 1 aromatic rings. The molecule has 0 amide bonds. The summed E-state index contributed by atoms with van der Waals surface area (Å²) in [5.74, 6) is -13.8. The van der Waals surface area contributed by atoms with E-state index >= 15 is 0 Å². The van der Waals surface area contributed by atoms with Gasteiger partial charge in [0.25, 0.3) is 0 Å². The van der Waals surface area contributed by atoms with Crippen molar-refractivity contribution in [3.05, 3.63) is 29.1 Å². The summed E-state index contributed by atoms with van der Waals surface area (Å²) in [6.45, 7) is 0.711. The molecule has 106 valence electrons. The molecule has 1 aromatic carbocycles. The van der Waals surface area contributed by atoms with Gasteiger partial charge >= 0.3 is 5.97 Å². The van der Waals surface area contributed by atoms with Crippen molar-refractivity contribution in [1.82, 2.24) is 0 Å². The van der Waals surface area contributed by atoms with Crippen molar-refractivity contribution in [3.8, 4) is 5.75 Å². The molecule has 0 bridgehead atoms. The first-order valence-electron chi connectivity index (χ1n) is 5.03. The van der Waals surface area contributed by atoms with Gasteiger partial charge in [-0.15, -0.1) is 0 Å². The Labute approximate surface area is 104 Å². The maximum atomic E-state index is 13.2. The standard InChI is InChI=1S/C11H9F5O3/c1-4(11(17)18-2)3-19-10-8(15)6(13)5(12)7(14)9(10)16/h4H,3H2,1-2H3. The molecule has 0 aliphatic heterocycles. The lowest BCUT2D eigenvalue weighted by Crippen LogP contribution is -2.21. The number of ether oxygens (including phenoxy) is 2. The van der Waals surface area contributed by atoms with Crippen LogP contribution in [0.4, 0.5) is 22.0 Å². The number of esters is 1. The van der Waals surface area contributed by atoms with Crippen molar-refractivity contribution in [2.45, 2.75) is 6.92 Å². The molecular formula is C11H9F5O3. The van der Waals surface area contributed by atoms with Gasteiger partial charge in [0, 0.05) is 0 Å². The van der Waals surface area contributed by atoms with Gasteiger partial charge < -0.3 is 9.47 Å². The molecule has 0 aliphatic rings. The van der Waals surface area contributed by atoms with Crippen LogP contribution in [0.5, 0.6) is 5.75 Å². The van der Waals surface area contributed by atoms with Crippen molar-refractivity contribution >= 4 is 5.97 Å². The number of carbonyl (C=O) groups excluding carboxylic acids is 1. The maximum Gasteiger partial charge on any atom is 0.311 e. The summed E-state index contributed by atoms with van der Waals surface area (Å²) in [7, 11) is 1.08. The lowest BCUT2D eigenvalue weighted by atomic mass is 10.2. The molecule has 0 saturated heterocycles. The maximum absolute atomic E-state index is 13.2. The number of hydrogen-bond donors (Lipinski definition) is 0. The summed E-state index contributed by atoms with van der Waals surface area (Å²) in [5, 5.41) is 0. The average Bonchev–Trinajstić information content (AvgIpc) is 2.41. The second kappa shape index (κ2) is 5.85. The lowest BCUT2D eigenvalue weighted by molar-refractivity contribution is -0.145. The van der Waals surface area contributed by atoms with E-state index in [1.54, 1.807) is 0 Å². The molecule has 0 N–H and O–H groups in total. The summed E-state index contributed by atoms with van der Waals surface area (Å²) in [5.41, 5.74) is 0. The van der Waals surface area contributed by atoms with Gasteiger partial charge in [0.2, 0.25) is 29.1 Å². The van der Waals surface area contributed by atoms with Crippen molar-refractivity contribution in [1.29, 1.82) is 0 Å². The van der Waals surface area contributed by atoms with Crippen LogP contribution in [-0.4, -0.2) is 19.7 Å². The second-order valence-electron chi connectivity index (χ2n) is 3.63. The fourth-order valence-corrected chi connectivity index (χ4v) is 1.19. The van der Waals surface area contributed by atoms with E-state index in [0.29, 0.717) is 0 Å². The first-order chi connectivity index (χ1) is 8.81. The zero-order valence-electron chi connectivity index (χ0n) is 9.90. The van der Waals surface area contributed by atoms with Crippen LogP contribution in [0.15, 0.2) is 0 Å². The molecule has 1 unspecified atom stereocenters. The quantitative estimate of drug-likeness (QED) is 0.369. The Balaban J connectivity index is 3.00. The minimum atomic E-state index is -2.27. The monoisotopic (exact) mass is 284 g/mol. The predicted octanol–water partition coefficient (Wildman–Crippen LogP) is 2.57. The van der Waals surface area contributed by atoms with Crippen LogP contribution in [-0.2, 0) is 9.53 Å². The van der Waals surface area contributed by atoms with Gasteiger partial charge in [-0.05, 0) is 6.92 Å². The summed E-state index contributed by atoms with van der Waals surface area (Å²) in [6, 6.07) is 0. The van der Waals surface area contributed by atoms with E-state index in [9.17, 15) is 26.7 Å². The highest BCUT2D eigenvalue weighted by Crippen LogP contribution is 2.29. The molecule has 0 aliphatic carbocycles. The molecule has 0 aromatic heterocycles. The minimum absolute atomic E-state index is 0.592. The lowest BCUT2D eigenvalue weighted by Gasteiger charge is -2.13. The zero-order chi connectivity index (χ0) is 14.7. The van der Waals surface area contributed by atoms with Gasteiger partial charge in [-0.2, -0.15) is 8.78 Å². The van der Waals surface area contributed by atoms with E-state index in [4.69, 9.17) is 0 Å². The summed E-state index contributed by atoms with van der Waals surface area (Å²) in [6.07, 6.45) is 0. The predicted molar refractivity (Wildman–Crippen MR) is 52.9 cm³/mol. The SMILES string of the molecule is COC(=O)C(C)COc1c(F)c(F)c(F)c(F)c1F. The Morgan fingerprint density at radius 2 is 1.42 bits per heavy atom. The first kappa shape index (κ1) is 15.2. The van der Waals surface area contributed by atoms with Crippen LogP contribution in [0.2, 0.25) is 0 Å². The molecule has 3 nitrogen and oxygen atoms in total. The normalized spacial score (nSPS) is 12.2. The molecular weight excluding hydrogens is 275 g/mol. The minimum Gasteiger partial charge on any atom is -0.487 e. The van der Waals surface area contributed by atoms with E-state index in [1.807, 2.05) is 0 Å². The van der Waals surface area contributed by atoms with Gasteiger partial charge in [-0.25, -0.2) is 13.2 Å². The van der Waals surface area contributed by atoms with Gasteiger partial charge in [-0.3, -0.25) is 4.79 Å². The van der Waals surface area contributed by atoms with Gasteiger partial charge in [0.1, 0.15) is 6.61 Å². The van der Waals surface area contributed by atoms with E-state index in [-0.39, 0.29) is 0 Å². The molecule has 0 saturated carbocycles. The molecule has 19 heavy (non-hydrogen) atoms. The highest BCUT2D eigenvalue weighted by atomic mass is 19.2. The van der Waals surface area contributed by atoms with E-state index in [2.05, 4.69) is 9.47 Å². The van der Waals surface area contributed by atoms with Crippen LogP contribution in [0.25, 0.3) is 0 Å². The Bertz CT molecular complexity index is 475. The molecule has 1 rings (SSSR count). The third kappa shape index (κ3) is 2.94. The largest absolute Gasteiger partial charge is 0.487 e. The summed E-state index contributed by atoms with van der Waals surface area (Å²) >= 11 is 0. The van der Waals surface area contributed by atoms with Crippen LogP contribution in [0, 0.1) is 35.0 Å². The zero-order valence-corrected chi connectivity index (χ0v) is 9.90. The summed E-state index contributed by atoms with van der Waals surface area (Å²) in [4.78, 5) is 11.0. The average molecular weight is 284 g/mol. The number of benzene rings is 1. The number of methoxy groups -OCH3 is 1. The first-order valence-corrected chi connectivity index (χ1v) is 5.03. The van der Waals surface area contributed by atoms with Crippen molar-refractivity contribution in [3.63, 3.8) is 0 Å². The number of rotatable bonds is 4. The highest BCUT2D eigenvalue weighted by molar-refractivity contribution is 5.71. The Kier molecular flexibility index (Phi) is 4.68. The molecule has 0 spiro atoms. The molecule has 1 atom stereocenters. The molecule has 8 heteroatoms. The number of hydrogen-bond acceptors (Lipinski definition) is 3. The van der Waals surface area contributed by atoms with Crippen LogP contribution in [0.1, 0.15) is 6.92 Å². The second-order valence-corrected chi connectivity index (χ2v) is 3.63. The topological polar surface area (TPSA) is 35.5 Å². The molecule has 0 heterocycles. The third-order valence-electron chi connectivity index (χ3n) is 2.25. The highest BCUT2D eigenvalue weighted by Gasteiger charge is 2.27. The van der Waals surface area contributed by atoms with E-state index in [1.165, 1.54) is 6.92 Å². The van der Waals surface area contributed by atoms with Gasteiger partial charge in [0.05, 0.1) is 13.0 Å². The molecule has 0 fully saturated rings. The number of halogens is 5. The van der Waals surface area contributed by atoms with Crippen LogP contribution >= 0.6 is 0 Å². The van der Waals surface area contributed by atoms with Crippen molar-refractivity contribution in [2.75, 3.05) is 13.7 Å². The van der Waals surface area contributed by atoms with Crippen molar-refractivity contribution < 1.29 is 36.2 Å². The van der Waals surface area contributed by atoms with Gasteiger partial charge in [-0.1, -0.05) is 0 Å². The fourth-order valence-electron chi connectivity index (χ4n) is 1.19. The smallest absolute Gasteiger partial charge is 0.311 e. The Morgan fingerprint density at radius 1 is 1.00 bits per heavy atom.